The third-order valence-electron chi connectivity index (χ3n) is 31.6. The van der Waals surface area contributed by atoms with Crippen LogP contribution < -0.4 is 0 Å². The first-order valence-corrected chi connectivity index (χ1v) is 40.0. The Balaban J connectivity index is 0.0000000980. The highest BCUT2D eigenvalue weighted by Gasteiger charge is 2.46. The second kappa shape index (κ2) is 30.0. The molecule has 0 heterocycles. The normalized spacial score (nSPS) is 51.8. The van der Waals surface area contributed by atoms with Gasteiger partial charge in [0, 0.05) is 0 Å². The van der Waals surface area contributed by atoms with Crippen molar-refractivity contribution >= 4 is 0 Å². The van der Waals surface area contributed by atoms with E-state index >= 15 is 0 Å². The van der Waals surface area contributed by atoms with Crippen LogP contribution in [0.2, 0.25) is 0 Å². The Kier molecular flexibility index (Phi) is 23.3. The Morgan fingerprint density at radius 3 is 0.892 bits per heavy atom. The van der Waals surface area contributed by atoms with Gasteiger partial charge in [0.25, 0.3) is 0 Å². The first kappa shape index (κ1) is 64.5. The van der Waals surface area contributed by atoms with Crippen molar-refractivity contribution in [2.45, 2.75) is 352 Å². The van der Waals surface area contributed by atoms with E-state index in [-0.39, 0.29) is 0 Å². The number of rotatable bonds is 0. The summed E-state index contributed by atoms with van der Waals surface area (Å²) in [5.74, 6) is 31.1. The van der Waals surface area contributed by atoms with Crippen LogP contribution in [0.4, 0.5) is 0 Å². The summed E-state index contributed by atoms with van der Waals surface area (Å²) in [5, 5.41) is 0. The van der Waals surface area contributed by atoms with Crippen molar-refractivity contribution in [2.24, 2.45) is 171 Å². The van der Waals surface area contributed by atoms with Crippen LogP contribution >= 0.6 is 0 Å². The summed E-state index contributed by atoms with van der Waals surface area (Å²) in [7, 11) is 0. The molecule has 21 aliphatic rings. The van der Waals surface area contributed by atoms with Crippen molar-refractivity contribution in [3.05, 3.63) is 0 Å². The van der Waals surface area contributed by atoms with Gasteiger partial charge in [-0.3, -0.25) is 0 Å². The molecule has 0 aromatic heterocycles. The molecule has 478 valence electrons. The van der Waals surface area contributed by atoms with E-state index in [1.54, 1.807) is 205 Å². The van der Waals surface area contributed by atoms with Gasteiger partial charge in [-0.1, -0.05) is 172 Å². The number of hydrogen-bond donors (Lipinski definition) is 0. The summed E-state index contributed by atoms with van der Waals surface area (Å²) < 4.78 is 0. The molecule has 21 rings (SSSR count). The summed E-state index contributed by atoms with van der Waals surface area (Å²) in [5.41, 5.74) is 0.785. The second-order valence-corrected chi connectivity index (χ2v) is 37.9. The maximum absolute atomic E-state index is 2.56. The van der Waals surface area contributed by atoms with E-state index in [2.05, 4.69) is 69.2 Å². The van der Waals surface area contributed by atoms with E-state index in [9.17, 15) is 0 Å². The maximum Gasteiger partial charge on any atom is -0.0318 e. The van der Waals surface area contributed by atoms with E-state index in [0.29, 0.717) is 0 Å². The van der Waals surface area contributed by atoms with Crippen molar-refractivity contribution in [1.82, 2.24) is 0 Å². The minimum Gasteiger partial charge on any atom is -0.0625 e. The topological polar surface area (TPSA) is 0 Å². The molecule has 21 aliphatic carbocycles. The Morgan fingerprint density at radius 2 is 0.494 bits per heavy atom. The van der Waals surface area contributed by atoms with Crippen molar-refractivity contribution in [1.29, 1.82) is 0 Å². The summed E-state index contributed by atoms with van der Waals surface area (Å²) in [6.45, 7) is 24.5. The third-order valence-corrected chi connectivity index (χ3v) is 31.6. The smallest absolute Gasteiger partial charge is 0.0318 e. The lowest BCUT2D eigenvalue weighted by molar-refractivity contribution is 0.0509. The lowest BCUT2D eigenvalue weighted by atomic mass is 9.59. The largest absolute Gasteiger partial charge is 0.0625 e. The summed E-state index contributed by atoms with van der Waals surface area (Å²) in [6.07, 6.45) is 68.2. The Labute approximate surface area is 520 Å². The van der Waals surface area contributed by atoms with Gasteiger partial charge in [0.15, 0.2) is 0 Å². The van der Waals surface area contributed by atoms with Gasteiger partial charge >= 0.3 is 0 Å². The molecule has 21 unspecified atom stereocenters. The van der Waals surface area contributed by atoms with Gasteiger partial charge in [-0.25, -0.2) is 0 Å². The van der Waals surface area contributed by atoms with Crippen LogP contribution in [0.3, 0.4) is 0 Å². The molecule has 0 saturated heterocycles. The second-order valence-electron chi connectivity index (χ2n) is 37.9. The van der Waals surface area contributed by atoms with Gasteiger partial charge in [-0.05, 0) is 351 Å². The highest BCUT2D eigenvalue weighted by Crippen LogP contribution is 2.58. The zero-order valence-electron chi connectivity index (χ0n) is 57.8. The molecule has 21 saturated carbocycles. The predicted octanol–water partition coefficient (Wildman–Crippen LogP) is 25.7. The molecule has 0 spiro atoms. The standard InChI is InChI=1S/C12H20.2C10H18.3C9H16.3C8H14/c1-12-6-9-2-3-10(7-12)5-11(4-9)8-12;1-7-5-9-3-4-10(6-7)8(9)2;1-8-7-9-3-2-4-10(8)6-5-9;1-7-4-8-2-3-9(5-7)6-8;2*1-7-2-3-8-4-5-9(7)6-8;2*1-6-4-7-2-3-8(6)5-7;1-6-7-2-3-8(6)5-4-7/h9-11H,2-8H2,1H3;7-10H,3-6H2,1-2H3;8-10H,2-7H2,1H3;3*7-9H,2-6H2,1H3;3*6-8H,2-5H2,1H3. The van der Waals surface area contributed by atoms with E-state index in [1.807, 2.05) is 0 Å². The van der Waals surface area contributed by atoms with E-state index < -0.39 is 0 Å². The molecule has 0 amide bonds. The fraction of sp³-hybridized carbons (Fsp3) is 1.00. The fourth-order valence-corrected chi connectivity index (χ4v) is 26.5. The van der Waals surface area contributed by atoms with Crippen molar-refractivity contribution in [2.75, 3.05) is 0 Å². The first-order valence-electron chi connectivity index (χ1n) is 40.0. The van der Waals surface area contributed by atoms with Crippen LogP contribution in [0.5, 0.6) is 0 Å². The molecule has 21 fully saturated rings. The Bertz CT molecular complexity index is 1770. The van der Waals surface area contributed by atoms with Gasteiger partial charge in [-0.2, -0.15) is 0 Å². The summed E-state index contributed by atoms with van der Waals surface area (Å²) in [4.78, 5) is 0. The lowest BCUT2D eigenvalue weighted by Crippen LogP contribution is -2.35. The molecule has 83 heavy (non-hydrogen) atoms. The number of fused-ring (bicyclic) bond motifs is 19. The van der Waals surface area contributed by atoms with Crippen molar-refractivity contribution in [3.8, 4) is 0 Å². The van der Waals surface area contributed by atoms with Crippen molar-refractivity contribution < 1.29 is 0 Å². The highest BCUT2D eigenvalue weighted by atomic mass is 14.5. The van der Waals surface area contributed by atoms with E-state index in [4.69, 9.17) is 0 Å². The van der Waals surface area contributed by atoms with Crippen LogP contribution in [0.15, 0.2) is 0 Å². The molecule has 0 N–H and O–H groups in total. The highest BCUT2D eigenvalue weighted by molar-refractivity contribution is 4.97. The molecule has 20 bridgehead atoms. The average Bonchev–Trinajstić information content (AvgIpc) is 4.52. The fourth-order valence-electron chi connectivity index (χ4n) is 26.5. The SMILES string of the molecule is CC12CC3CCC(CC(C3)C1)C2.CC1C2CCC1CC2.CC1CC2CCC(C1)C2.CC1CC2CCC(C1)C2C.CC1CC2CCC1C2.CC1CC2CCC1C2.CC1CC2CCCC1CC2.CC1CCC2CCC1C2.CC1CCC2CCC1C2. The molecule has 0 heteroatoms. The molecule has 0 aromatic carbocycles. The lowest BCUT2D eigenvalue weighted by Gasteiger charge is -2.46. The van der Waals surface area contributed by atoms with Gasteiger partial charge in [0.2, 0.25) is 0 Å². The third kappa shape index (κ3) is 17.5. The molecular weight excluding hydrogens is 997 g/mol. The summed E-state index contributed by atoms with van der Waals surface area (Å²) in [6, 6.07) is 0. The van der Waals surface area contributed by atoms with Crippen LogP contribution in [0.1, 0.15) is 352 Å². The van der Waals surface area contributed by atoms with Gasteiger partial charge in [-0.15, -0.1) is 0 Å². The predicted molar refractivity (Wildman–Crippen MR) is 360 cm³/mol. The number of hydrogen-bond acceptors (Lipinski definition) is 0. The minimum atomic E-state index is 0.785. The Hall–Kier alpha value is 0. The van der Waals surface area contributed by atoms with Crippen LogP contribution in [0, 0.1) is 171 Å². The van der Waals surface area contributed by atoms with Gasteiger partial charge in [0.1, 0.15) is 0 Å². The van der Waals surface area contributed by atoms with Crippen LogP contribution in [0.25, 0.3) is 0 Å². The molecular formula is C83H146. The minimum absolute atomic E-state index is 0.785. The molecule has 0 aromatic rings. The summed E-state index contributed by atoms with van der Waals surface area (Å²) >= 11 is 0. The quantitative estimate of drug-likeness (QED) is 0.227. The Morgan fingerprint density at radius 1 is 0.193 bits per heavy atom. The molecule has 0 nitrogen and oxygen atoms in total. The average molecular weight is 1140 g/mol. The van der Waals surface area contributed by atoms with E-state index in [0.717, 1.165) is 171 Å². The molecule has 21 atom stereocenters. The van der Waals surface area contributed by atoms with Gasteiger partial charge in [0.05, 0.1) is 0 Å². The maximum atomic E-state index is 2.56. The van der Waals surface area contributed by atoms with Gasteiger partial charge < -0.3 is 0 Å². The molecule has 0 radical (unpaired) electrons. The van der Waals surface area contributed by atoms with E-state index in [1.165, 1.54) is 77.0 Å². The van der Waals surface area contributed by atoms with Crippen LogP contribution in [-0.4, -0.2) is 0 Å². The zero-order valence-corrected chi connectivity index (χ0v) is 57.8. The van der Waals surface area contributed by atoms with Crippen LogP contribution in [-0.2, 0) is 0 Å². The first-order chi connectivity index (χ1) is 40.0. The zero-order chi connectivity index (χ0) is 57.8. The monoisotopic (exact) mass is 1140 g/mol. The van der Waals surface area contributed by atoms with Crippen molar-refractivity contribution in [3.63, 3.8) is 0 Å². The molecule has 0 aliphatic heterocycles.